The van der Waals surface area contributed by atoms with E-state index in [0.29, 0.717) is 0 Å². The number of rotatable bonds is 3. The van der Waals surface area contributed by atoms with E-state index in [4.69, 9.17) is 0 Å². The molecular formula is C15H18N3. The van der Waals surface area contributed by atoms with Crippen LogP contribution in [0.5, 0.6) is 0 Å². The number of anilines is 2. The number of benzene rings is 1. The van der Waals surface area contributed by atoms with Crippen molar-refractivity contribution >= 4 is 11.4 Å². The summed E-state index contributed by atoms with van der Waals surface area (Å²) in [7, 11) is 8.08. The van der Waals surface area contributed by atoms with Gasteiger partial charge in [-0.3, -0.25) is 4.98 Å². The zero-order valence-corrected chi connectivity index (χ0v) is 11.3. The SMILES string of the molecule is CN(C)c1[c]c(-c2ccc(N(C)C)cc2)ncc1. The summed E-state index contributed by atoms with van der Waals surface area (Å²) in [6, 6.07) is 13.6. The molecule has 0 amide bonds. The first-order valence-corrected chi connectivity index (χ1v) is 5.91. The molecule has 0 bridgehead atoms. The quantitative estimate of drug-likeness (QED) is 0.822. The van der Waals surface area contributed by atoms with Gasteiger partial charge in [0.1, 0.15) is 0 Å². The van der Waals surface area contributed by atoms with Crippen molar-refractivity contribution in [1.82, 2.24) is 4.98 Å². The van der Waals surface area contributed by atoms with Gasteiger partial charge in [0, 0.05) is 57.4 Å². The van der Waals surface area contributed by atoms with E-state index >= 15 is 0 Å². The molecule has 0 aliphatic rings. The summed E-state index contributed by atoms with van der Waals surface area (Å²) in [5.41, 5.74) is 4.19. The minimum absolute atomic E-state index is 0.881. The summed E-state index contributed by atoms with van der Waals surface area (Å²) in [5, 5.41) is 0. The molecule has 0 fully saturated rings. The maximum absolute atomic E-state index is 4.37. The lowest BCUT2D eigenvalue weighted by molar-refractivity contribution is 1.12. The van der Waals surface area contributed by atoms with Crippen LogP contribution in [0.3, 0.4) is 0 Å². The third kappa shape index (κ3) is 2.62. The molecule has 0 spiro atoms. The second-order valence-electron chi connectivity index (χ2n) is 4.64. The van der Waals surface area contributed by atoms with E-state index < -0.39 is 0 Å². The van der Waals surface area contributed by atoms with Crippen LogP contribution in [-0.4, -0.2) is 33.2 Å². The molecule has 1 aromatic heterocycles. The lowest BCUT2D eigenvalue weighted by atomic mass is 10.1. The fourth-order valence-electron chi connectivity index (χ4n) is 1.70. The number of nitrogens with zero attached hydrogens (tertiary/aromatic N) is 3. The smallest absolute Gasteiger partial charge is 0.0802 e. The normalized spacial score (nSPS) is 10.2. The van der Waals surface area contributed by atoms with E-state index in [2.05, 4.69) is 40.2 Å². The van der Waals surface area contributed by atoms with E-state index in [1.54, 1.807) is 0 Å². The van der Waals surface area contributed by atoms with Crippen LogP contribution in [0.25, 0.3) is 11.3 Å². The standard InChI is InChI=1S/C15H18N3/c1-17(2)13-7-5-12(6-8-13)15-11-14(18(3)4)9-10-16-15/h5-10H,1-4H3. The first-order valence-electron chi connectivity index (χ1n) is 5.91. The van der Waals surface area contributed by atoms with Crippen LogP contribution in [0.2, 0.25) is 0 Å². The maximum atomic E-state index is 4.37. The predicted octanol–water partition coefficient (Wildman–Crippen LogP) is 2.68. The average molecular weight is 240 g/mol. The Morgan fingerprint density at radius 1 is 0.889 bits per heavy atom. The molecule has 1 heterocycles. The zero-order valence-electron chi connectivity index (χ0n) is 11.3. The van der Waals surface area contributed by atoms with E-state index in [1.165, 1.54) is 5.69 Å². The fourth-order valence-corrected chi connectivity index (χ4v) is 1.70. The largest absolute Gasteiger partial charge is 0.378 e. The van der Waals surface area contributed by atoms with Crippen molar-refractivity contribution in [3.05, 3.63) is 42.6 Å². The van der Waals surface area contributed by atoms with Crippen molar-refractivity contribution < 1.29 is 0 Å². The monoisotopic (exact) mass is 240 g/mol. The molecule has 0 atom stereocenters. The summed E-state index contributed by atoms with van der Waals surface area (Å²) in [5.74, 6) is 0. The van der Waals surface area contributed by atoms with Crippen LogP contribution in [0, 0.1) is 6.07 Å². The Kier molecular flexibility index (Phi) is 3.51. The molecule has 0 saturated carbocycles. The highest BCUT2D eigenvalue weighted by atomic mass is 15.1. The van der Waals surface area contributed by atoms with Gasteiger partial charge in [-0.25, -0.2) is 0 Å². The molecule has 3 heteroatoms. The number of aromatic nitrogens is 1. The first kappa shape index (κ1) is 12.4. The van der Waals surface area contributed by atoms with E-state index in [0.717, 1.165) is 16.9 Å². The summed E-state index contributed by atoms with van der Waals surface area (Å²) in [6.45, 7) is 0. The van der Waals surface area contributed by atoms with Crippen LogP contribution in [-0.2, 0) is 0 Å². The molecule has 2 rings (SSSR count). The van der Waals surface area contributed by atoms with Gasteiger partial charge in [0.25, 0.3) is 0 Å². The Bertz CT molecular complexity index is 516. The van der Waals surface area contributed by atoms with Crippen molar-refractivity contribution in [3.8, 4) is 11.3 Å². The molecule has 3 nitrogen and oxygen atoms in total. The van der Waals surface area contributed by atoms with Crippen molar-refractivity contribution in [2.24, 2.45) is 0 Å². The molecule has 0 N–H and O–H groups in total. The summed E-state index contributed by atoms with van der Waals surface area (Å²) in [4.78, 5) is 8.48. The molecule has 0 saturated heterocycles. The topological polar surface area (TPSA) is 19.4 Å². The number of pyridine rings is 1. The summed E-state index contributed by atoms with van der Waals surface area (Å²) >= 11 is 0. The van der Waals surface area contributed by atoms with Crippen molar-refractivity contribution in [2.45, 2.75) is 0 Å². The highest BCUT2D eigenvalue weighted by molar-refractivity contribution is 5.65. The molecule has 18 heavy (non-hydrogen) atoms. The fraction of sp³-hybridized carbons (Fsp3) is 0.267. The molecule has 93 valence electrons. The van der Waals surface area contributed by atoms with E-state index in [9.17, 15) is 0 Å². The third-order valence-electron chi connectivity index (χ3n) is 2.82. The van der Waals surface area contributed by atoms with Crippen LogP contribution in [0.15, 0.2) is 36.5 Å². The van der Waals surface area contributed by atoms with Crippen molar-refractivity contribution in [2.75, 3.05) is 38.0 Å². The Morgan fingerprint density at radius 3 is 2.11 bits per heavy atom. The molecule has 0 aliphatic carbocycles. The van der Waals surface area contributed by atoms with Crippen LogP contribution in [0.1, 0.15) is 0 Å². The first-order chi connectivity index (χ1) is 8.58. The van der Waals surface area contributed by atoms with Crippen LogP contribution < -0.4 is 9.80 Å². The van der Waals surface area contributed by atoms with Gasteiger partial charge in [0.05, 0.1) is 5.69 Å². The van der Waals surface area contributed by atoms with E-state index in [-0.39, 0.29) is 0 Å². The Hall–Kier alpha value is -2.03. The average Bonchev–Trinajstić information content (AvgIpc) is 2.39. The molecule has 1 aromatic carbocycles. The molecule has 0 aliphatic heterocycles. The van der Waals surface area contributed by atoms with Gasteiger partial charge in [-0.1, -0.05) is 12.1 Å². The highest BCUT2D eigenvalue weighted by Gasteiger charge is 2.03. The van der Waals surface area contributed by atoms with Gasteiger partial charge in [0.15, 0.2) is 0 Å². The Morgan fingerprint density at radius 2 is 1.56 bits per heavy atom. The van der Waals surface area contributed by atoms with E-state index in [1.807, 2.05) is 45.4 Å². The lowest BCUT2D eigenvalue weighted by Crippen LogP contribution is -2.09. The lowest BCUT2D eigenvalue weighted by Gasteiger charge is -2.14. The zero-order chi connectivity index (χ0) is 13.1. The Labute approximate surface area is 109 Å². The highest BCUT2D eigenvalue weighted by Crippen LogP contribution is 2.22. The third-order valence-corrected chi connectivity index (χ3v) is 2.82. The minimum Gasteiger partial charge on any atom is -0.378 e. The van der Waals surface area contributed by atoms with Crippen LogP contribution >= 0.6 is 0 Å². The van der Waals surface area contributed by atoms with Gasteiger partial charge in [-0.05, 0) is 18.2 Å². The van der Waals surface area contributed by atoms with Crippen LogP contribution in [0.4, 0.5) is 11.4 Å². The summed E-state index contributed by atoms with van der Waals surface area (Å²) in [6.07, 6.45) is 1.82. The van der Waals surface area contributed by atoms with Crippen molar-refractivity contribution in [3.63, 3.8) is 0 Å². The number of hydrogen-bond acceptors (Lipinski definition) is 3. The summed E-state index contributed by atoms with van der Waals surface area (Å²) < 4.78 is 0. The second-order valence-corrected chi connectivity index (χ2v) is 4.64. The van der Waals surface area contributed by atoms with Crippen molar-refractivity contribution in [1.29, 1.82) is 0 Å². The molecule has 2 aromatic rings. The second kappa shape index (κ2) is 5.08. The Balaban J connectivity index is 2.33. The van der Waals surface area contributed by atoms with Gasteiger partial charge in [0.2, 0.25) is 0 Å². The molecule has 0 unspecified atom stereocenters. The van der Waals surface area contributed by atoms with Gasteiger partial charge >= 0.3 is 0 Å². The van der Waals surface area contributed by atoms with Gasteiger partial charge < -0.3 is 9.80 Å². The van der Waals surface area contributed by atoms with Gasteiger partial charge in [-0.2, -0.15) is 0 Å². The molecular weight excluding hydrogens is 222 g/mol. The molecule has 1 radical (unpaired) electrons. The number of hydrogen-bond donors (Lipinski definition) is 0. The maximum Gasteiger partial charge on any atom is 0.0802 e. The van der Waals surface area contributed by atoms with Gasteiger partial charge in [-0.15, -0.1) is 0 Å². The predicted molar refractivity (Wildman–Crippen MR) is 77.2 cm³/mol. The minimum atomic E-state index is 0.881.